The Morgan fingerprint density at radius 2 is 1.81 bits per heavy atom. The Hall–Kier alpha value is -2.17. The molecule has 0 atom stereocenters. The Labute approximate surface area is 129 Å². The van der Waals surface area contributed by atoms with Crippen LogP contribution in [-0.2, 0) is 5.32 Å². The van der Waals surface area contributed by atoms with Crippen molar-refractivity contribution in [2.24, 2.45) is 0 Å². The summed E-state index contributed by atoms with van der Waals surface area (Å²) < 4.78 is 7.87. The molecule has 3 aromatic rings. The van der Waals surface area contributed by atoms with Gasteiger partial charge >= 0.3 is 129 Å². The first-order valence-corrected chi connectivity index (χ1v) is 8.53. The summed E-state index contributed by atoms with van der Waals surface area (Å²) in [6, 6.07) is 18.1. The van der Waals surface area contributed by atoms with Crippen LogP contribution in [0.15, 0.2) is 54.6 Å². The molecule has 21 heavy (non-hydrogen) atoms. The molecule has 5 nitrogen and oxygen atoms in total. The number of rotatable bonds is 5. The van der Waals surface area contributed by atoms with Gasteiger partial charge in [-0.3, -0.25) is 0 Å². The minimum absolute atomic E-state index is 0.185. The standard InChI is InChI=1S/C15H14N4OSe/c1-20-14-9-7-13(8-10-14)19-15(16-17-18-19)21-11-12-5-3-2-4-6-12/h2-10H,11H2,1H3. The monoisotopic (exact) mass is 346 g/mol. The van der Waals surface area contributed by atoms with Crippen molar-refractivity contribution < 1.29 is 4.74 Å². The molecule has 0 spiro atoms. The molecule has 0 saturated heterocycles. The predicted molar refractivity (Wildman–Crippen MR) is 81.2 cm³/mol. The molecule has 1 heterocycles. The molecule has 0 bridgehead atoms. The van der Waals surface area contributed by atoms with E-state index in [4.69, 9.17) is 4.74 Å². The van der Waals surface area contributed by atoms with E-state index in [0.29, 0.717) is 0 Å². The molecule has 0 aliphatic rings. The van der Waals surface area contributed by atoms with Crippen molar-refractivity contribution >= 4 is 19.7 Å². The molecule has 3 rings (SSSR count). The van der Waals surface area contributed by atoms with Crippen LogP contribution in [0.5, 0.6) is 5.75 Å². The van der Waals surface area contributed by atoms with Crippen molar-refractivity contribution in [1.29, 1.82) is 0 Å². The summed E-state index contributed by atoms with van der Waals surface area (Å²) in [7, 11) is 1.65. The fourth-order valence-electron chi connectivity index (χ4n) is 1.88. The van der Waals surface area contributed by atoms with E-state index in [1.807, 2.05) is 30.3 Å². The molecule has 0 aliphatic carbocycles. The fraction of sp³-hybridized carbons (Fsp3) is 0.133. The molecule has 106 valence electrons. The molecule has 2 aromatic carbocycles. The van der Waals surface area contributed by atoms with E-state index in [1.54, 1.807) is 11.8 Å². The second-order valence-corrected chi connectivity index (χ2v) is 6.32. The molecular weight excluding hydrogens is 331 g/mol. The number of hydrogen-bond donors (Lipinski definition) is 0. The Kier molecular flexibility index (Phi) is 4.28. The molecule has 0 unspecified atom stereocenters. The molecule has 6 heteroatoms. The van der Waals surface area contributed by atoms with Gasteiger partial charge in [0.15, 0.2) is 0 Å². The number of methoxy groups -OCH3 is 1. The number of benzene rings is 2. The molecule has 1 aromatic heterocycles. The zero-order valence-corrected chi connectivity index (χ0v) is 13.2. The van der Waals surface area contributed by atoms with Gasteiger partial charge in [-0.25, -0.2) is 0 Å². The number of tetrazole rings is 1. The Morgan fingerprint density at radius 1 is 1.05 bits per heavy atom. The fourth-order valence-corrected chi connectivity index (χ4v) is 3.65. The third kappa shape index (κ3) is 3.29. The van der Waals surface area contributed by atoms with Crippen LogP contribution in [-0.4, -0.2) is 42.3 Å². The van der Waals surface area contributed by atoms with Crippen molar-refractivity contribution in [3.8, 4) is 11.4 Å². The van der Waals surface area contributed by atoms with E-state index in [9.17, 15) is 0 Å². The van der Waals surface area contributed by atoms with E-state index in [0.717, 1.165) is 21.5 Å². The summed E-state index contributed by atoms with van der Waals surface area (Å²) in [4.78, 5) is 0. The third-order valence-corrected chi connectivity index (χ3v) is 5.05. The molecule has 0 aliphatic heterocycles. The van der Waals surface area contributed by atoms with E-state index in [2.05, 4.69) is 39.8 Å². The second kappa shape index (κ2) is 6.52. The van der Waals surface area contributed by atoms with Crippen LogP contribution < -0.4 is 9.46 Å². The van der Waals surface area contributed by atoms with Gasteiger partial charge in [-0.05, 0) is 0 Å². The van der Waals surface area contributed by atoms with Crippen LogP contribution in [0.1, 0.15) is 5.56 Å². The maximum atomic E-state index is 5.17. The first kappa shape index (κ1) is 13.8. The zero-order valence-electron chi connectivity index (χ0n) is 11.5. The van der Waals surface area contributed by atoms with Gasteiger partial charge < -0.3 is 0 Å². The first-order valence-electron chi connectivity index (χ1n) is 6.46. The maximum absolute atomic E-state index is 5.17. The Balaban J connectivity index is 1.77. The topological polar surface area (TPSA) is 52.8 Å². The van der Waals surface area contributed by atoms with Crippen molar-refractivity contribution in [2.45, 2.75) is 5.32 Å². The van der Waals surface area contributed by atoms with Crippen LogP contribution in [0, 0.1) is 0 Å². The van der Waals surface area contributed by atoms with Gasteiger partial charge in [0.25, 0.3) is 0 Å². The Morgan fingerprint density at radius 3 is 2.52 bits per heavy atom. The van der Waals surface area contributed by atoms with E-state index in [-0.39, 0.29) is 15.0 Å². The number of ether oxygens (including phenoxy) is 1. The number of nitrogens with zero attached hydrogens (tertiary/aromatic N) is 4. The zero-order chi connectivity index (χ0) is 14.5. The molecule has 0 fully saturated rings. The molecule has 0 radical (unpaired) electrons. The summed E-state index contributed by atoms with van der Waals surface area (Å²) in [5, 5.41) is 13.0. The normalized spacial score (nSPS) is 10.5. The van der Waals surface area contributed by atoms with Crippen LogP contribution in [0.2, 0.25) is 0 Å². The van der Waals surface area contributed by atoms with Crippen LogP contribution >= 0.6 is 0 Å². The Bertz CT molecular complexity index is 697. The molecule has 0 amide bonds. The van der Waals surface area contributed by atoms with Gasteiger partial charge in [0.05, 0.1) is 0 Å². The SMILES string of the molecule is COc1ccc(-n2nnnc2[Se]Cc2ccccc2)cc1. The minimum atomic E-state index is 0.185. The second-order valence-electron chi connectivity index (χ2n) is 4.35. The van der Waals surface area contributed by atoms with E-state index in [1.165, 1.54) is 5.56 Å². The van der Waals surface area contributed by atoms with Gasteiger partial charge in [0.2, 0.25) is 0 Å². The van der Waals surface area contributed by atoms with Gasteiger partial charge in [0, 0.05) is 0 Å². The van der Waals surface area contributed by atoms with Crippen molar-refractivity contribution in [1.82, 2.24) is 20.2 Å². The van der Waals surface area contributed by atoms with E-state index >= 15 is 0 Å². The van der Waals surface area contributed by atoms with E-state index < -0.39 is 0 Å². The van der Waals surface area contributed by atoms with Crippen molar-refractivity contribution in [3.05, 3.63) is 60.2 Å². The first-order chi connectivity index (χ1) is 10.4. The van der Waals surface area contributed by atoms with Crippen LogP contribution in [0.4, 0.5) is 0 Å². The average molecular weight is 345 g/mol. The third-order valence-electron chi connectivity index (χ3n) is 2.97. The van der Waals surface area contributed by atoms with Gasteiger partial charge in [-0.1, -0.05) is 0 Å². The van der Waals surface area contributed by atoms with Crippen LogP contribution in [0.3, 0.4) is 0 Å². The van der Waals surface area contributed by atoms with Crippen molar-refractivity contribution in [2.75, 3.05) is 7.11 Å². The summed E-state index contributed by atoms with van der Waals surface area (Å²) >= 11 is 0.185. The summed E-state index contributed by atoms with van der Waals surface area (Å²) in [6.07, 6.45) is 0. The van der Waals surface area contributed by atoms with Crippen LogP contribution in [0.25, 0.3) is 5.69 Å². The average Bonchev–Trinajstić information content (AvgIpc) is 3.02. The molecular formula is C15H14N4OSe. The quantitative estimate of drug-likeness (QED) is 0.652. The van der Waals surface area contributed by atoms with Gasteiger partial charge in [-0.2, -0.15) is 0 Å². The number of aromatic nitrogens is 4. The summed E-state index contributed by atoms with van der Waals surface area (Å²) in [5.41, 5.74) is 2.26. The molecule has 0 saturated carbocycles. The molecule has 0 N–H and O–H groups in total. The predicted octanol–water partition coefficient (Wildman–Crippen LogP) is 1.20. The summed E-state index contributed by atoms with van der Waals surface area (Å²) in [5.74, 6) is 0.822. The van der Waals surface area contributed by atoms with Crippen molar-refractivity contribution in [3.63, 3.8) is 0 Å². The number of hydrogen-bond acceptors (Lipinski definition) is 4. The van der Waals surface area contributed by atoms with Gasteiger partial charge in [-0.15, -0.1) is 0 Å². The van der Waals surface area contributed by atoms with Gasteiger partial charge in [0.1, 0.15) is 0 Å². The summed E-state index contributed by atoms with van der Waals surface area (Å²) in [6.45, 7) is 0.